The average Bonchev–Trinajstić information content (AvgIpc) is 2.97. The number of fused-ring (bicyclic) bond motifs is 2. The maximum atomic E-state index is 12.8. The lowest BCUT2D eigenvalue weighted by atomic mass is 10.0. The lowest BCUT2D eigenvalue weighted by molar-refractivity contribution is -0.137. The second-order valence-corrected chi connectivity index (χ2v) is 8.04. The van der Waals surface area contributed by atoms with Crippen LogP contribution in [0.15, 0.2) is 23.0 Å². The maximum Gasteiger partial charge on any atom is 0.338 e. The summed E-state index contributed by atoms with van der Waals surface area (Å²) in [5, 5.41) is 0.505. The smallest absolute Gasteiger partial charge is 0.338 e. The first-order valence-electron chi connectivity index (χ1n) is 10.5. The third-order valence-electron chi connectivity index (χ3n) is 6.00. The molecule has 29 heavy (non-hydrogen) atoms. The van der Waals surface area contributed by atoms with Gasteiger partial charge >= 0.3 is 5.97 Å². The zero-order chi connectivity index (χ0) is 20.4. The first kappa shape index (κ1) is 19.6. The summed E-state index contributed by atoms with van der Waals surface area (Å²) >= 11 is 0. The standard InChI is InChI=1S/C22H27N3O4/c1-15-7-4-6-11-24(15)20(26)14-29-22(28)16-9-10-17-18(13-16)23-19-8-3-2-5-12-25(19)21(17)27/h9-10,13,15H,2-8,11-12,14H2,1H3. The number of aromatic nitrogens is 2. The van der Waals surface area contributed by atoms with Gasteiger partial charge in [0, 0.05) is 25.6 Å². The molecule has 0 bridgehead atoms. The Bertz CT molecular complexity index is 997. The molecule has 1 saturated heterocycles. The molecule has 1 atom stereocenters. The van der Waals surface area contributed by atoms with Crippen LogP contribution in [-0.2, 0) is 22.5 Å². The van der Waals surface area contributed by atoms with Crippen molar-refractivity contribution in [2.24, 2.45) is 0 Å². The summed E-state index contributed by atoms with van der Waals surface area (Å²) in [5.41, 5.74) is 0.761. The highest BCUT2D eigenvalue weighted by molar-refractivity contribution is 5.95. The Hall–Kier alpha value is -2.70. The molecule has 1 fully saturated rings. The molecule has 2 aliphatic rings. The molecule has 4 rings (SSSR count). The minimum atomic E-state index is -0.568. The number of esters is 1. The highest BCUT2D eigenvalue weighted by atomic mass is 16.5. The van der Waals surface area contributed by atoms with Crippen molar-refractivity contribution in [3.05, 3.63) is 39.9 Å². The van der Waals surface area contributed by atoms with Gasteiger partial charge < -0.3 is 9.64 Å². The molecule has 1 aromatic heterocycles. The lowest BCUT2D eigenvalue weighted by Crippen LogP contribution is -2.44. The van der Waals surface area contributed by atoms with Crippen LogP contribution in [0.4, 0.5) is 0 Å². The van der Waals surface area contributed by atoms with Gasteiger partial charge in [-0.1, -0.05) is 6.42 Å². The summed E-state index contributed by atoms with van der Waals surface area (Å²) in [4.78, 5) is 44.1. The van der Waals surface area contributed by atoms with Gasteiger partial charge in [0.15, 0.2) is 6.61 Å². The van der Waals surface area contributed by atoms with E-state index in [1.165, 1.54) is 0 Å². The summed E-state index contributed by atoms with van der Waals surface area (Å²) in [6.07, 6.45) is 6.93. The van der Waals surface area contributed by atoms with Gasteiger partial charge in [0.05, 0.1) is 16.5 Å². The van der Waals surface area contributed by atoms with Gasteiger partial charge in [-0.25, -0.2) is 9.78 Å². The predicted molar refractivity (Wildman–Crippen MR) is 109 cm³/mol. The van der Waals surface area contributed by atoms with E-state index in [1.807, 2.05) is 6.92 Å². The lowest BCUT2D eigenvalue weighted by Gasteiger charge is -2.33. The van der Waals surface area contributed by atoms with Crippen molar-refractivity contribution in [1.82, 2.24) is 14.5 Å². The fourth-order valence-corrected chi connectivity index (χ4v) is 4.31. The van der Waals surface area contributed by atoms with Crippen molar-refractivity contribution in [3.63, 3.8) is 0 Å². The van der Waals surface area contributed by atoms with Crippen LogP contribution < -0.4 is 5.56 Å². The second kappa shape index (κ2) is 8.35. The number of likely N-dealkylation sites (tertiary alicyclic amines) is 1. The Balaban J connectivity index is 1.51. The zero-order valence-corrected chi connectivity index (χ0v) is 16.9. The fraction of sp³-hybridized carbons (Fsp3) is 0.545. The van der Waals surface area contributed by atoms with Crippen LogP contribution in [0.25, 0.3) is 10.9 Å². The van der Waals surface area contributed by atoms with E-state index in [4.69, 9.17) is 4.74 Å². The molecular weight excluding hydrogens is 370 g/mol. The van der Waals surface area contributed by atoms with Crippen LogP contribution in [0, 0.1) is 0 Å². The predicted octanol–water partition coefficient (Wildman–Crippen LogP) is 2.68. The molecule has 1 unspecified atom stereocenters. The average molecular weight is 397 g/mol. The van der Waals surface area contributed by atoms with Crippen molar-refractivity contribution in [1.29, 1.82) is 0 Å². The van der Waals surface area contributed by atoms with E-state index in [1.54, 1.807) is 27.7 Å². The van der Waals surface area contributed by atoms with Crippen LogP contribution in [0.1, 0.15) is 61.6 Å². The maximum absolute atomic E-state index is 12.8. The third-order valence-corrected chi connectivity index (χ3v) is 6.00. The number of hydrogen-bond acceptors (Lipinski definition) is 5. The zero-order valence-electron chi connectivity index (χ0n) is 16.9. The number of hydrogen-bond donors (Lipinski definition) is 0. The number of aryl methyl sites for hydroxylation is 1. The van der Waals surface area contributed by atoms with Crippen LogP contribution in [0.5, 0.6) is 0 Å². The van der Waals surface area contributed by atoms with Gasteiger partial charge in [-0.05, 0) is 57.2 Å². The van der Waals surface area contributed by atoms with Crippen molar-refractivity contribution in [2.75, 3.05) is 13.2 Å². The summed E-state index contributed by atoms with van der Waals surface area (Å²) in [6, 6.07) is 4.99. The topological polar surface area (TPSA) is 81.5 Å². The Morgan fingerprint density at radius 1 is 1.14 bits per heavy atom. The monoisotopic (exact) mass is 397 g/mol. The van der Waals surface area contributed by atoms with Crippen LogP contribution in [0.3, 0.4) is 0 Å². The van der Waals surface area contributed by atoms with E-state index < -0.39 is 5.97 Å². The largest absolute Gasteiger partial charge is 0.452 e. The molecule has 2 aliphatic heterocycles. The number of rotatable bonds is 3. The molecule has 0 spiro atoms. The van der Waals surface area contributed by atoms with Crippen molar-refractivity contribution in [3.8, 4) is 0 Å². The Labute approximate surface area is 169 Å². The van der Waals surface area contributed by atoms with Gasteiger partial charge in [0.2, 0.25) is 0 Å². The SMILES string of the molecule is CC1CCCCN1C(=O)COC(=O)c1ccc2c(=O)n3c(nc2c1)CCCCC3. The second-order valence-electron chi connectivity index (χ2n) is 8.04. The van der Waals surface area contributed by atoms with E-state index in [9.17, 15) is 14.4 Å². The molecule has 7 heteroatoms. The summed E-state index contributed by atoms with van der Waals surface area (Å²) in [5.74, 6) is 0.0505. The van der Waals surface area contributed by atoms with Crippen molar-refractivity contribution < 1.29 is 14.3 Å². The molecular formula is C22H27N3O4. The van der Waals surface area contributed by atoms with Gasteiger partial charge in [-0.3, -0.25) is 14.2 Å². The number of ether oxygens (including phenoxy) is 1. The van der Waals surface area contributed by atoms with E-state index in [0.29, 0.717) is 29.6 Å². The van der Waals surface area contributed by atoms with Gasteiger partial charge in [0.25, 0.3) is 11.5 Å². The van der Waals surface area contributed by atoms with E-state index >= 15 is 0 Å². The Morgan fingerprint density at radius 3 is 2.79 bits per heavy atom. The fourth-order valence-electron chi connectivity index (χ4n) is 4.31. The minimum absolute atomic E-state index is 0.0546. The summed E-state index contributed by atoms with van der Waals surface area (Å²) in [6.45, 7) is 3.17. The van der Waals surface area contributed by atoms with E-state index in [2.05, 4.69) is 4.98 Å². The molecule has 154 valence electrons. The number of carbonyl (C=O) groups excluding carboxylic acids is 2. The third kappa shape index (κ3) is 4.04. The molecule has 7 nitrogen and oxygen atoms in total. The van der Waals surface area contributed by atoms with Crippen LogP contribution >= 0.6 is 0 Å². The Kier molecular flexibility index (Phi) is 5.65. The first-order chi connectivity index (χ1) is 14.0. The molecule has 0 N–H and O–H groups in total. The normalized spacial score (nSPS) is 19.5. The van der Waals surface area contributed by atoms with Crippen molar-refractivity contribution >= 4 is 22.8 Å². The molecule has 1 amide bonds. The van der Waals surface area contributed by atoms with Crippen molar-refractivity contribution in [2.45, 2.75) is 64.5 Å². The quantitative estimate of drug-likeness (QED) is 0.744. The van der Waals surface area contributed by atoms with E-state index in [0.717, 1.165) is 50.8 Å². The van der Waals surface area contributed by atoms with Gasteiger partial charge in [-0.15, -0.1) is 0 Å². The van der Waals surface area contributed by atoms with Gasteiger partial charge in [-0.2, -0.15) is 0 Å². The molecule has 0 aliphatic carbocycles. The highest BCUT2D eigenvalue weighted by Gasteiger charge is 2.24. The first-order valence-corrected chi connectivity index (χ1v) is 10.5. The minimum Gasteiger partial charge on any atom is -0.452 e. The van der Waals surface area contributed by atoms with Gasteiger partial charge in [0.1, 0.15) is 5.82 Å². The number of carbonyl (C=O) groups is 2. The summed E-state index contributed by atoms with van der Waals surface area (Å²) in [7, 11) is 0. The molecule has 0 saturated carbocycles. The number of amides is 1. The number of nitrogens with zero attached hydrogens (tertiary/aromatic N) is 3. The van der Waals surface area contributed by atoms with E-state index in [-0.39, 0.29) is 24.1 Å². The Morgan fingerprint density at radius 2 is 1.97 bits per heavy atom. The number of benzene rings is 1. The molecule has 3 heterocycles. The summed E-state index contributed by atoms with van der Waals surface area (Å²) < 4.78 is 7.02. The van der Waals surface area contributed by atoms with Crippen LogP contribution in [-0.4, -0.2) is 45.5 Å². The highest BCUT2D eigenvalue weighted by Crippen LogP contribution is 2.18. The molecule has 2 aromatic rings. The molecule has 0 radical (unpaired) electrons. The number of piperidine rings is 1. The van der Waals surface area contributed by atoms with Crippen LogP contribution in [0.2, 0.25) is 0 Å². The molecule has 1 aromatic carbocycles.